The standard InChI is InChI=1S/C45H47F2N11O9S/c1-53-36-21-37(33(47)20-30(36)41(51-53)57-14-7-38(59)50-43(57)62)54-15-8-44(63,9-16-54)23-39(60)55-17-10-45(11-18-55)22-27(25-66-45)58-26-49-34-5-3-28(19-29(34)42(58)61)67-40-31(24-48)35(6-4-32(40)46)52-68(64,65)56-12-2-13-56/h3-6,19-21,26-27,52,63H,2,7-18,22-23,25H2,1H3,(H,50,59,62)/t27-/m1/s1. The van der Waals surface area contributed by atoms with Gasteiger partial charge in [-0.2, -0.15) is 23.1 Å². The highest BCUT2D eigenvalue weighted by molar-refractivity contribution is 7.90. The number of hydrogen-bond donors (Lipinski definition) is 3. The summed E-state index contributed by atoms with van der Waals surface area (Å²) >= 11 is 0. The quantitative estimate of drug-likeness (QED) is 0.181. The number of likely N-dealkylation sites (tertiary alicyclic amines) is 1. The lowest BCUT2D eigenvalue weighted by atomic mass is 9.85. The van der Waals surface area contributed by atoms with E-state index in [9.17, 15) is 38.0 Å². The number of carbonyl (C=O) groups excluding carboxylic acids is 3. The number of imide groups is 1. The third-order valence-electron chi connectivity index (χ3n) is 13.9. The van der Waals surface area contributed by atoms with Crippen LogP contribution in [0.3, 0.4) is 0 Å². The van der Waals surface area contributed by atoms with Crippen molar-refractivity contribution in [3.05, 3.63) is 76.3 Å². The molecule has 356 valence electrons. The topological polar surface area (TPSA) is 238 Å². The zero-order valence-electron chi connectivity index (χ0n) is 36.9. The summed E-state index contributed by atoms with van der Waals surface area (Å²) in [5.74, 6) is -2.25. The fraction of sp³-hybridized carbons (Fsp3) is 0.444. The zero-order valence-corrected chi connectivity index (χ0v) is 37.7. The number of amides is 4. The van der Waals surface area contributed by atoms with Gasteiger partial charge >= 0.3 is 16.2 Å². The van der Waals surface area contributed by atoms with Gasteiger partial charge in [-0.1, -0.05) is 0 Å². The molecule has 0 saturated carbocycles. The van der Waals surface area contributed by atoms with Crippen molar-refractivity contribution in [2.45, 2.75) is 68.6 Å². The molecule has 1 atom stereocenters. The number of aliphatic hydroxyl groups is 1. The highest BCUT2D eigenvalue weighted by Crippen LogP contribution is 2.42. The molecule has 5 fully saturated rings. The van der Waals surface area contributed by atoms with Gasteiger partial charge in [0.1, 0.15) is 23.2 Å². The predicted octanol–water partition coefficient (Wildman–Crippen LogP) is 3.78. The number of benzene rings is 3. The number of piperidine rings is 2. The molecule has 0 bridgehead atoms. The summed E-state index contributed by atoms with van der Waals surface area (Å²) in [4.78, 5) is 61.2. The van der Waals surface area contributed by atoms with Gasteiger partial charge in [0.25, 0.3) is 5.56 Å². The summed E-state index contributed by atoms with van der Waals surface area (Å²) in [7, 11) is -2.27. The molecule has 3 aromatic carbocycles. The summed E-state index contributed by atoms with van der Waals surface area (Å²) < 4.78 is 75.1. The van der Waals surface area contributed by atoms with Crippen molar-refractivity contribution in [2.24, 2.45) is 7.05 Å². The summed E-state index contributed by atoms with van der Waals surface area (Å²) in [6.45, 7) is 2.35. The van der Waals surface area contributed by atoms with E-state index in [1.165, 1.54) is 44.4 Å². The Kier molecular flexibility index (Phi) is 11.3. The molecule has 20 nitrogen and oxygen atoms in total. The first-order chi connectivity index (χ1) is 32.5. The first kappa shape index (κ1) is 45.1. The second kappa shape index (κ2) is 17.1. The number of anilines is 3. The van der Waals surface area contributed by atoms with Gasteiger partial charge in [-0.3, -0.25) is 38.6 Å². The second-order valence-corrected chi connectivity index (χ2v) is 19.8. The number of carbonyl (C=O) groups is 3. The van der Waals surface area contributed by atoms with Crippen LogP contribution in [0.25, 0.3) is 21.8 Å². The van der Waals surface area contributed by atoms with Gasteiger partial charge in [-0.05, 0) is 81.0 Å². The molecular formula is C45H47F2N11O9S. The van der Waals surface area contributed by atoms with Crippen molar-refractivity contribution in [2.75, 3.05) is 66.9 Å². The number of ether oxygens (including phenoxy) is 2. The van der Waals surface area contributed by atoms with E-state index in [1.807, 2.05) is 11.0 Å². The first-order valence-corrected chi connectivity index (χ1v) is 23.8. The number of halogens is 2. The van der Waals surface area contributed by atoms with Gasteiger partial charge in [-0.25, -0.2) is 18.6 Å². The lowest BCUT2D eigenvalue weighted by molar-refractivity contribution is -0.142. The molecule has 1 spiro atoms. The predicted molar refractivity (Wildman–Crippen MR) is 241 cm³/mol. The fourth-order valence-electron chi connectivity index (χ4n) is 9.84. The molecule has 0 radical (unpaired) electrons. The number of nitriles is 1. The SMILES string of the molecule is Cn1nc(N2CCC(=O)NC2=O)c2cc(F)c(N3CCC(O)(CC(=O)N4CCC5(CC4)C[C@@H](n4cnc6ccc(Oc7c(F)ccc(NS(=O)(=O)N8CCC8)c7C#N)cc6c4=O)CO5)CC3)cc21. The van der Waals surface area contributed by atoms with E-state index in [0.717, 1.165) is 12.1 Å². The van der Waals surface area contributed by atoms with Gasteiger partial charge in [0.05, 0.1) is 64.4 Å². The molecule has 23 heteroatoms. The lowest BCUT2D eigenvalue weighted by Crippen LogP contribution is -2.51. The van der Waals surface area contributed by atoms with E-state index in [4.69, 9.17) is 9.47 Å². The molecule has 10 rings (SSSR count). The minimum Gasteiger partial charge on any atom is -0.453 e. The van der Waals surface area contributed by atoms with E-state index in [0.29, 0.717) is 87.1 Å². The molecule has 5 aliphatic heterocycles. The molecule has 5 saturated heterocycles. The molecule has 4 amide bonds. The van der Waals surface area contributed by atoms with Crippen molar-refractivity contribution in [1.82, 2.24) is 33.9 Å². The summed E-state index contributed by atoms with van der Waals surface area (Å²) in [6, 6.07) is 10.3. The van der Waals surface area contributed by atoms with Crippen molar-refractivity contribution in [3.8, 4) is 17.6 Å². The van der Waals surface area contributed by atoms with E-state index < -0.39 is 50.4 Å². The number of urea groups is 1. The third-order valence-corrected chi connectivity index (χ3v) is 15.4. The Hall–Kier alpha value is -6.74. The van der Waals surface area contributed by atoms with Crippen LogP contribution in [-0.2, 0) is 31.6 Å². The molecule has 2 aromatic heterocycles. The average molecular weight is 956 g/mol. The molecule has 68 heavy (non-hydrogen) atoms. The van der Waals surface area contributed by atoms with Crippen LogP contribution in [0.2, 0.25) is 0 Å². The molecule has 3 N–H and O–H groups in total. The number of nitrogens with zero attached hydrogens (tertiary/aromatic N) is 9. The Bertz CT molecular complexity index is 3120. The molecule has 5 aliphatic rings. The van der Waals surface area contributed by atoms with Crippen LogP contribution < -0.4 is 30.1 Å². The Morgan fingerprint density at radius 3 is 2.47 bits per heavy atom. The van der Waals surface area contributed by atoms with Crippen LogP contribution in [0.5, 0.6) is 11.5 Å². The van der Waals surface area contributed by atoms with Crippen molar-refractivity contribution >= 4 is 67.1 Å². The average Bonchev–Trinajstić information content (AvgIpc) is 3.83. The van der Waals surface area contributed by atoms with Gasteiger partial charge < -0.3 is 24.4 Å². The number of nitrogens with one attached hydrogen (secondary N) is 2. The molecule has 7 heterocycles. The monoisotopic (exact) mass is 955 g/mol. The van der Waals surface area contributed by atoms with Gasteiger partial charge in [0.2, 0.25) is 11.8 Å². The molecule has 0 aliphatic carbocycles. The molecule has 5 aromatic rings. The van der Waals surface area contributed by atoms with Crippen LogP contribution in [0, 0.1) is 23.0 Å². The first-order valence-electron chi connectivity index (χ1n) is 22.4. The highest BCUT2D eigenvalue weighted by atomic mass is 32.2. The minimum atomic E-state index is -3.96. The van der Waals surface area contributed by atoms with E-state index >= 15 is 8.78 Å². The smallest absolute Gasteiger partial charge is 0.329 e. The maximum Gasteiger partial charge on any atom is 0.329 e. The lowest BCUT2D eigenvalue weighted by Gasteiger charge is -2.42. The van der Waals surface area contributed by atoms with Gasteiger partial charge in [0, 0.05) is 64.7 Å². The second-order valence-electron chi connectivity index (χ2n) is 18.2. The normalized spacial score (nSPS) is 20.7. The minimum absolute atomic E-state index is 0.0253. The number of hydrogen-bond acceptors (Lipinski definition) is 13. The number of aromatic nitrogens is 4. The molecule has 0 unspecified atom stereocenters. The van der Waals surface area contributed by atoms with Crippen molar-refractivity contribution in [1.29, 1.82) is 5.26 Å². The summed E-state index contributed by atoms with van der Waals surface area (Å²) in [6.07, 6.45) is 4.11. The maximum atomic E-state index is 15.7. The Morgan fingerprint density at radius 1 is 1.00 bits per heavy atom. The molecular weight excluding hydrogens is 909 g/mol. The van der Waals surface area contributed by atoms with Gasteiger partial charge in [0.15, 0.2) is 17.4 Å². The van der Waals surface area contributed by atoms with Crippen molar-refractivity contribution < 1.29 is 46.2 Å². The number of rotatable bonds is 10. The van der Waals surface area contributed by atoms with Crippen LogP contribution in [0.15, 0.2) is 53.6 Å². The van der Waals surface area contributed by atoms with Crippen molar-refractivity contribution in [3.63, 3.8) is 0 Å². The highest BCUT2D eigenvalue weighted by Gasteiger charge is 2.45. The van der Waals surface area contributed by atoms with E-state index in [1.54, 1.807) is 22.7 Å². The van der Waals surface area contributed by atoms with Crippen LogP contribution in [-0.4, -0.2) is 124 Å². The Morgan fingerprint density at radius 2 is 1.76 bits per heavy atom. The third kappa shape index (κ3) is 8.24. The maximum absolute atomic E-state index is 15.7. The van der Waals surface area contributed by atoms with Gasteiger partial charge in [-0.15, -0.1) is 0 Å². The number of aryl methyl sites for hydroxylation is 1. The Balaban J connectivity index is 0.755. The Labute approximate surface area is 387 Å². The van der Waals surface area contributed by atoms with Crippen LogP contribution in [0.1, 0.15) is 63.0 Å². The van der Waals surface area contributed by atoms with Crippen LogP contribution in [0.4, 0.5) is 30.8 Å². The fourth-order valence-corrected chi connectivity index (χ4v) is 11.2. The van der Waals surface area contributed by atoms with Crippen LogP contribution >= 0.6 is 0 Å². The largest absolute Gasteiger partial charge is 0.453 e. The number of fused-ring (bicyclic) bond motifs is 2. The van der Waals surface area contributed by atoms with E-state index in [-0.39, 0.29) is 84.9 Å². The zero-order chi connectivity index (χ0) is 47.7. The van der Waals surface area contributed by atoms with E-state index in [2.05, 4.69) is 20.1 Å². The summed E-state index contributed by atoms with van der Waals surface area (Å²) in [5, 5.41) is 28.9. The summed E-state index contributed by atoms with van der Waals surface area (Å²) in [5.41, 5.74) is -1.56.